The minimum Gasteiger partial charge on any atom is -0.366 e. The van der Waals surface area contributed by atoms with Gasteiger partial charge in [0.2, 0.25) is 5.91 Å². The molecule has 0 aromatic carbocycles. The molecule has 2 unspecified atom stereocenters. The van der Waals surface area contributed by atoms with Crippen LogP contribution >= 0.6 is 0 Å². The van der Waals surface area contributed by atoms with Gasteiger partial charge in [-0.2, -0.15) is 0 Å². The second-order valence-corrected chi connectivity index (χ2v) is 4.65. The molecule has 1 fully saturated rings. The lowest BCUT2D eigenvalue weighted by Gasteiger charge is -2.35. The van der Waals surface area contributed by atoms with Crippen molar-refractivity contribution in [2.24, 2.45) is 17.4 Å². The van der Waals surface area contributed by atoms with E-state index in [1.165, 1.54) is 6.20 Å². The van der Waals surface area contributed by atoms with Crippen molar-refractivity contribution in [2.75, 3.05) is 18.0 Å². The van der Waals surface area contributed by atoms with Gasteiger partial charge in [-0.1, -0.05) is 6.92 Å². The maximum atomic E-state index is 10.9. The standard InChI is InChI=1S/C12H18N4O/c1-8-4-5-16(7-10(8)13)11-3-2-9(6-15-11)12(14)17/h2-3,6,8,10H,4-5,7,13H2,1H3,(H2,14,17). The van der Waals surface area contributed by atoms with Crippen molar-refractivity contribution in [3.05, 3.63) is 23.9 Å². The number of hydrogen-bond acceptors (Lipinski definition) is 4. The molecule has 5 nitrogen and oxygen atoms in total. The predicted molar refractivity (Wildman–Crippen MR) is 66.7 cm³/mol. The van der Waals surface area contributed by atoms with Crippen molar-refractivity contribution in [1.82, 2.24) is 4.98 Å². The van der Waals surface area contributed by atoms with E-state index in [4.69, 9.17) is 11.5 Å². The van der Waals surface area contributed by atoms with E-state index in [0.29, 0.717) is 11.5 Å². The lowest BCUT2D eigenvalue weighted by atomic mass is 9.94. The molecule has 1 aliphatic heterocycles. The van der Waals surface area contributed by atoms with E-state index >= 15 is 0 Å². The molecule has 92 valence electrons. The predicted octanol–water partition coefficient (Wildman–Crippen LogP) is 0.354. The molecule has 2 atom stereocenters. The van der Waals surface area contributed by atoms with Crippen LogP contribution in [0.15, 0.2) is 18.3 Å². The second-order valence-electron chi connectivity index (χ2n) is 4.65. The van der Waals surface area contributed by atoms with Gasteiger partial charge >= 0.3 is 0 Å². The van der Waals surface area contributed by atoms with E-state index in [1.807, 2.05) is 6.07 Å². The van der Waals surface area contributed by atoms with Gasteiger partial charge in [0.25, 0.3) is 0 Å². The van der Waals surface area contributed by atoms with Crippen LogP contribution in [-0.2, 0) is 0 Å². The molecule has 1 aromatic rings. The first-order valence-corrected chi connectivity index (χ1v) is 5.84. The van der Waals surface area contributed by atoms with Crippen molar-refractivity contribution >= 4 is 11.7 Å². The van der Waals surface area contributed by atoms with Crippen LogP contribution in [-0.4, -0.2) is 30.0 Å². The normalized spacial score (nSPS) is 24.7. The summed E-state index contributed by atoms with van der Waals surface area (Å²) in [7, 11) is 0. The van der Waals surface area contributed by atoms with Crippen molar-refractivity contribution in [3.8, 4) is 0 Å². The fourth-order valence-electron chi connectivity index (χ4n) is 2.03. The topological polar surface area (TPSA) is 85.2 Å². The zero-order valence-corrected chi connectivity index (χ0v) is 9.97. The third-order valence-corrected chi connectivity index (χ3v) is 3.37. The molecular weight excluding hydrogens is 216 g/mol. The number of nitrogens with two attached hydrogens (primary N) is 2. The summed E-state index contributed by atoms with van der Waals surface area (Å²) < 4.78 is 0. The van der Waals surface area contributed by atoms with Gasteiger partial charge in [-0.3, -0.25) is 4.79 Å². The van der Waals surface area contributed by atoms with Gasteiger partial charge < -0.3 is 16.4 Å². The summed E-state index contributed by atoms with van der Waals surface area (Å²) in [6.07, 6.45) is 2.58. The lowest BCUT2D eigenvalue weighted by molar-refractivity contribution is 0.1000. The minimum absolute atomic E-state index is 0.182. The van der Waals surface area contributed by atoms with Crippen molar-refractivity contribution in [2.45, 2.75) is 19.4 Å². The highest BCUT2D eigenvalue weighted by atomic mass is 16.1. The summed E-state index contributed by atoms with van der Waals surface area (Å²) in [4.78, 5) is 17.3. The van der Waals surface area contributed by atoms with Gasteiger partial charge in [-0.15, -0.1) is 0 Å². The first-order valence-electron chi connectivity index (χ1n) is 5.84. The molecule has 0 saturated carbocycles. The second kappa shape index (κ2) is 4.71. The number of rotatable bonds is 2. The molecule has 1 aliphatic rings. The zero-order valence-electron chi connectivity index (χ0n) is 9.97. The Hall–Kier alpha value is -1.62. The van der Waals surface area contributed by atoms with Gasteiger partial charge in [-0.05, 0) is 24.5 Å². The molecular formula is C12H18N4O. The molecule has 2 rings (SSSR count). The number of piperidine rings is 1. The molecule has 2 heterocycles. The molecule has 4 N–H and O–H groups in total. The number of hydrogen-bond donors (Lipinski definition) is 2. The Morgan fingerprint density at radius 3 is 2.82 bits per heavy atom. The van der Waals surface area contributed by atoms with Crippen molar-refractivity contribution in [1.29, 1.82) is 0 Å². The van der Waals surface area contributed by atoms with Crippen LogP contribution in [0.25, 0.3) is 0 Å². The fourth-order valence-corrected chi connectivity index (χ4v) is 2.03. The Labute approximate surface area is 101 Å². The third kappa shape index (κ3) is 2.55. The molecule has 5 heteroatoms. The van der Waals surface area contributed by atoms with Crippen LogP contribution in [0.5, 0.6) is 0 Å². The number of amides is 1. The maximum Gasteiger partial charge on any atom is 0.250 e. The Morgan fingerprint density at radius 1 is 1.53 bits per heavy atom. The quantitative estimate of drug-likeness (QED) is 0.773. The van der Waals surface area contributed by atoms with Gasteiger partial charge in [0, 0.05) is 25.3 Å². The van der Waals surface area contributed by atoms with E-state index in [0.717, 1.165) is 25.3 Å². The summed E-state index contributed by atoms with van der Waals surface area (Å²) >= 11 is 0. The Bertz CT molecular complexity index is 403. The Balaban J connectivity index is 2.10. The number of aromatic nitrogens is 1. The van der Waals surface area contributed by atoms with E-state index < -0.39 is 5.91 Å². The molecule has 1 saturated heterocycles. The van der Waals surface area contributed by atoms with Gasteiger partial charge in [0.05, 0.1) is 5.56 Å². The average Bonchev–Trinajstić information content (AvgIpc) is 2.33. The van der Waals surface area contributed by atoms with Crippen LogP contribution in [0.3, 0.4) is 0 Å². The summed E-state index contributed by atoms with van der Waals surface area (Å²) in [5, 5.41) is 0. The SMILES string of the molecule is CC1CCN(c2ccc(C(N)=O)cn2)CC1N. The molecule has 0 bridgehead atoms. The zero-order chi connectivity index (χ0) is 12.4. The Kier molecular flexibility index (Phi) is 3.28. The first-order chi connectivity index (χ1) is 8.08. The van der Waals surface area contributed by atoms with E-state index in [-0.39, 0.29) is 6.04 Å². The number of anilines is 1. The molecule has 17 heavy (non-hydrogen) atoms. The molecule has 0 aliphatic carbocycles. The fraction of sp³-hybridized carbons (Fsp3) is 0.500. The molecule has 0 spiro atoms. The van der Waals surface area contributed by atoms with E-state index in [1.54, 1.807) is 6.07 Å². The van der Waals surface area contributed by atoms with Crippen molar-refractivity contribution < 1.29 is 4.79 Å². The number of carbonyl (C=O) groups excluding carboxylic acids is 1. The van der Waals surface area contributed by atoms with Crippen LogP contribution in [0.2, 0.25) is 0 Å². The number of nitrogens with zero attached hydrogens (tertiary/aromatic N) is 2. The molecule has 0 radical (unpaired) electrons. The number of pyridine rings is 1. The van der Waals surface area contributed by atoms with Gasteiger partial charge in [-0.25, -0.2) is 4.98 Å². The highest BCUT2D eigenvalue weighted by Crippen LogP contribution is 2.20. The monoisotopic (exact) mass is 234 g/mol. The summed E-state index contributed by atoms with van der Waals surface area (Å²) in [5.74, 6) is 0.960. The highest BCUT2D eigenvalue weighted by molar-refractivity contribution is 5.92. The summed E-state index contributed by atoms with van der Waals surface area (Å²) in [6, 6.07) is 3.71. The smallest absolute Gasteiger partial charge is 0.250 e. The minimum atomic E-state index is -0.451. The van der Waals surface area contributed by atoms with Crippen molar-refractivity contribution in [3.63, 3.8) is 0 Å². The third-order valence-electron chi connectivity index (χ3n) is 3.37. The summed E-state index contributed by atoms with van der Waals surface area (Å²) in [5.41, 5.74) is 11.6. The lowest BCUT2D eigenvalue weighted by Crippen LogP contribution is -2.47. The van der Waals surface area contributed by atoms with Crippen LogP contribution in [0, 0.1) is 5.92 Å². The Morgan fingerprint density at radius 2 is 2.29 bits per heavy atom. The first kappa shape index (κ1) is 11.9. The largest absolute Gasteiger partial charge is 0.366 e. The van der Waals surface area contributed by atoms with Gasteiger partial charge in [0.15, 0.2) is 0 Å². The van der Waals surface area contributed by atoms with Gasteiger partial charge in [0.1, 0.15) is 5.82 Å². The van der Waals surface area contributed by atoms with E-state index in [9.17, 15) is 4.79 Å². The van der Waals surface area contributed by atoms with Crippen LogP contribution < -0.4 is 16.4 Å². The number of carbonyl (C=O) groups is 1. The maximum absolute atomic E-state index is 10.9. The summed E-state index contributed by atoms with van der Waals surface area (Å²) in [6.45, 7) is 3.94. The van der Waals surface area contributed by atoms with Crippen LogP contribution in [0.1, 0.15) is 23.7 Å². The highest BCUT2D eigenvalue weighted by Gasteiger charge is 2.23. The average molecular weight is 234 g/mol. The van der Waals surface area contributed by atoms with Crippen LogP contribution in [0.4, 0.5) is 5.82 Å². The number of primary amides is 1. The molecule has 1 amide bonds. The molecule has 1 aromatic heterocycles. The van der Waals surface area contributed by atoms with E-state index in [2.05, 4.69) is 16.8 Å².